The third-order valence-corrected chi connectivity index (χ3v) is 3.13. The highest BCUT2D eigenvalue weighted by molar-refractivity contribution is 5.91. The lowest BCUT2D eigenvalue weighted by atomic mass is 9.84. The van der Waals surface area contributed by atoms with Crippen molar-refractivity contribution < 1.29 is 9.90 Å². The fourth-order valence-corrected chi connectivity index (χ4v) is 2.51. The first-order valence-electron chi connectivity index (χ1n) is 5.62. The van der Waals surface area contributed by atoms with Gasteiger partial charge in [0, 0.05) is 6.08 Å². The van der Waals surface area contributed by atoms with Crippen LogP contribution >= 0.6 is 0 Å². The van der Waals surface area contributed by atoms with Crippen LogP contribution in [0.2, 0.25) is 0 Å². The maximum atomic E-state index is 10.8. The van der Waals surface area contributed by atoms with Gasteiger partial charge in [0.05, 0.1) is 0 Å². The Labute approximate surface area is 95.6 Å². The lowest BCUT2D eigenvalue weighted by molar-refractivity contribution is -0.131. The minimum atomic E-state index is -0.845. The Morgan fingerprint density at radius 2 is 2.06 bits per heavy atom. The first kappa shape index (κ1) is 10.9. The highest BCUT2D eigenvalue weighted by Crippen LogP contribution is 2.33. The zero-order valence-electron chi connectivity index (χ0n) is 9.71. The summed E-state index contributed by atoms with van der Waals surface area (Å²) in [6.07, 6.45) is 4.35. The van der Waals surface area contributed by atoms with Crippen LogP contribution in [-0.2, 0) is 11.2 Å². The number of carbonyl (C=O) groups is 1. The topological polar surface area (TPSA) is 37.3 Å². The van der Waals surface area contributed by atoms with Crippen LogP contribution in [0.1, 0.15) is 35.1 Å². The molecule has 0 saturated heterocycles. The molecule has 1 aromatic rings. The summed E-state index contributed by atoms with van der Waals surface area (Å²) in [5, 5.41) is 8.85. The van der Waals surface area contributed by atoms with Gasteiger partial charge in [-0.1, -0.05) is 17.7 Å². The van der Waals surface area contributed by atoms with E-state index in [-0.39, 0.29) is 0 Å². The van der Waals surface area contributed by atoms with Crippen LogP contribution in [0, 0.1) is 13.8 Å². The largest absolute Gasteiger partial charge is 0.478 e. The zero-order chi connectivity index (χ0) is 11.7. The summed E-state index contributed by atoms with van der Waals surface area (Å²) in [4.78, 5) is 10.8. The number of aryl methyl sites for hydroxylation is 2. The zero-order valence-corrected chi connectivity index (χ0v) is 9.71. The van der Waals surface area contributed by atoms with Gasteiger partial charge in [0.15, 0.2) is 0 Å². The molecule has 84 valence electrons. The number of hydrogen-bond donors (Lipinski definition) is 1. The Balaban J connectivity index is 2.58. The molecule has 0 unspecified atom stereocenters. The Morgan fingerprint density at radius 3 is 2.75 bits per heavy atom. The van der Waals surface area contributed by atoms with E-state index in [0.29, 0.717) is 0 Å². The van der Waals surface area contributed by atoms with E-state index in [9.17, 15) is 4.79 Å². The van der Waals surface area contributed by atoms with Crippen LogP contribution in [0.25, 0.3) is 5.57 Å². The van der Waals surface area contributed by atoms with Crippen molar-refractivity contribution in [2.24, 2.45) is 0 Å². The predicted molar refractivity (Wildman–Crippen MR) is 64.5 cm³/mol. The Hall–Kier alpha value is -1.57. The highest BCUT2D eigenvalue weighted by Gasteiger charge is 2.16. The SMILES string of the molecule is Cc1cc(C)c2c(c1)/C(=C\C(=O)O)CCC2. The summed E-state index contributed by atoms with van der Waals surface area (Å²) in [5.74, 6) is -0.845. The van der Waals surface area contributed by atoms with Crippen molar-refractivity contribution in [1.82, 2.24) is 0 Å². The molecule has 0 saturated carbocycles. The molecule has 2 rings (SSSR count). The van der Waals surface area contributed by atoms with Crippen molar-refractivity contribution in [1.29, 1.82) is 0 Å². The van der Waals surface area contributed by atoms with Gasteiger partial charge in [0.25, 0.3) is 0 Å². The molecule has 0 amide bonds. The fourth-order valence-electron chi connectivity index (χ4n) is 2.51. The second-order valence-electron chi connectivity index (χ2n) is 4.47. The highest BCUT2D eigenvalue weighted by atomic mass is 16.4. The number of benzene rings is 1. The van der Waals surface area contributed by atoms with Gasteiger partial charge in [-0.15, -0.1) is 0 Å². The van der Waals surface area contributed by atoms with E-state index in [4.69, 9.17) is 5.11 Å². The quantitative estimate of drug-likeness (QED) is 0.732. The molecule has 0 spiro atoms. The minimum absolute atomic E-state index is 0.845. The summed E-state index contributed by atoms with van der Waals surface area (Å²) in [7, 11) is 0. The van der Waals surface area contributed by atoms with Gasteiger partial charge in [0.2, 0.25) is 0 Å². The van der Waals surface area contributed by atoms with Crippen molar-refractivity contribution in [3.05, 3.63) is 40.5 Å². The molecular weight excluding hydrogens is 200 g/mol. The van der Waals surface area contributed by atoms with Gasteiger partial charge < -0.3 is 5.11 Å². The van der Waals surface area contributed by atoms with E-state index in [2.05, 4.69) is 26.0 Å². The van der Waals surface area contributed by atoms with Gasteiger partial charge in [-0.2, -0.15) is 0 Å². The number of hydrogen-bond acceptors (Lipinski definition) is 1. The Morgan fingerprint density at radius 1 is 1.31 bits per heavy atom. The van der Waals surface area contributed by atoms with Gasteiger partial charge in [0.1, 0.15) is 0 Å². The predicted octanol–water partition coefficient (Wildman–Crippen LogP) is 3.11. The van der Waals surface area contributed by atoms with Crippen molar-refractivity contribution >= 4 is 11.5 Å². The maximum Gasteiger partial charge on any atom is 0.328 e. The molecule has 1 aliphatic rings. The molecule has 1 aliphatic carbocycles. The van der Waals surface area contributed by atoms with Crippen molar-refractivity contribution in [2.75, 3.05) is 0 Å². The number of carboxylic acid groups (broad SMARTS) is 1. The molecule has 0 fully saturated rings. The number of allylic oxidation sites excluding steroid dienone is 1. The van der Waals surface area contributed by atoms with Crippen molar-refractivity contribution in [3.8, 4) is 0 Å². The molecule has 0 radical (unpaired) electrons. The van der Waals surface area contributed by atoms with Crippen molar-refractivity contribution in [2.45, 2.75) is 33.1 Å². The summed E-state index contributed by atoms with van der Waals surface area (Å²) >= 11 is 0. The number of carboxylic acids is 1. The van der Waals surface area contributed by atoms with Crippen LogP contribution < -0.4 is 0 Å². The molecule has 0 bridgehead atoms. The van der Waals surface area contributed by atoms with Crippen LogP contribution in [0.4, 0.5) is 0 Å². The molecule has 16 heavy (non-hydrogen) atoms. The molecule has 2 nitrogen and oxygen atoms in total. The fraction of sp³-hybridized carbons (Fsp3) is 0.357. The maximum absolute atomic E-state index is 10.8. The van der Waals surface area contributed by atoms with Gasteiger partial charge in [-0.25, -0.2) is 4.79 Å². The molecule has 0 aliphatic heterocycles. The van der Waals surface area contributed by atoms with Crippen LogP contribution in [0.5, 0.6) is 0 Å². The van der Waals surface area contributed by atoms with E-state index in [1.807, 2.05) is 0 Å². The van der Waals surface area contributed by atoms with Gasteiger partial charge in [-0.3, -0.25) is 0 Å². The van der Waals surface area contributed by atoms with Gasteiger partial charge in [-0.05, 0) is 55.4 Å². The number of rotatable bonds is 1. The van der Waals surface area contributed by atoms with E-state index in [1.165, 1.54) is 22.8 Å². The third kappa shape index (κ3) is 2.01. The molecule has 0 heterocycles. The average Bonchev–Trinajstić information content (AvgIpc) is 2.18. The smallest absolute Gasteiger partial charge is 0.328 e. The van der Waals surface area contributed by atoms with Gasteiger partial charge >= 0.3 is 5.97 Å². The third-order valence-electron chi connectivity index (χ3n) is 3.13. The molecular formula is C14H16O2. The first-order valence-corrected chi connectivity index (χ1v) is 5.62. The lowest BCUT2D eigenvalue weighted by Crippen LogP contribution is -2.06. The lowest BCUT2D eigenvalue weighted by Gasteiger charge is -2.21. The van der Waals surface area contributed by atoms with Crippen molar-refractivity contribution in [3.63, 3.8) is 0 Å². The minimum Gasteiger partial charge on any atom is -0.478 e. The van der Waals surface area contributed by atoms with E-state index < -0.39 is 5.97 Å². The molecule has 1 N–H and O–H groups in total. The summed E-state index contributed by atoms with van der Waals surface area (Å²) in [5.41, 5.74) is 5.93. The standard InChI is InChI=1S/C14H16O2/c1-9-6-10(2)12-5-3-4-11(8-14(15)16)13(12)7-9/h6-8H,3-5H2,1-2H3,(H,15,16)/b11-8-. The monoisotopic (exact) mass is 216 g/mol. The second kappa shape index (κ2) is 4.12. The average molecular weight is 216 g/mol. The Bertz CT molecular complexity index is 470. The number of fused-ring (bicyclic) bond motifs is 1. The Kier molecular flexibility index (Phi) is 2.82. The van der Waals surface area contributed by atoms with E-state index in [0.717, 1.165) is 30.4 Å². The second-order valence-corrected chi connectivity index (χ2v) is 4.47. The van der Waals surface area contributed by atoms with Crippen LogP contribution in [-0.4, -0.2) is 11.1 Å². The molecule has 2 heteroatoms. The first-order chi connectivity index (χ1) is 7.58. The summed E-state index contributed by atoms with van der Waals surface area (Å²) in [6, 6.07) is 4.28. The molecule has 0 atom stereocenters. The van der Waals surface area contributed by atoms with Crippen LogP contribution in [0.15, 0.2) is 18.2 Å². The van der Waals surface area contributed by atoms with Crippen LogP contribution in [0.3, 0.4) is 0 Å². The molecule has 0 aromatic heterocycles. The van der Waals surface area contributed by atoms with E-state index >= 15 is 0 Å². The normalized spacial score (nSPS) is 17.2. The van der Waals surface area contributed by atoms with E-state index in [1.54, 1.807) is 0 Å². The summed E-state index contributed by atoms with van der Waals surface area (Å²) < 4.78 is 0. The number of aliphatic carboxylic acids is 1. The molecule has 1 aromatic carbocycles. The summed E-state index contributed by atoms with van der Waals surface area (Å²) in [6.45, 7) is 4.16.